The molecule has 0 saturated carbocycles. The number of carbonyl (C=O) groups excluding carboxylic acids is 1. The number of amides is 1. The smallest absolute Gasteiger partial charge is 0.286 e. The molecular formula is C13H16N4OS. The van der Waals surface area contributed by atoms with Crippen LogP contribution in [-0.4, -0.2) is 16.1 Å². The minimum atomic E-state index is -0.259. The van der Waals surface area contributed by atoms with Crippen molar-refractivity contribution in [3.8, 4) is 0 Å². The molecule has 2 aromatic rings. The molecule has 0 saturated heterocycles. The molecule has 2 rings (SSSR count). The van der Waals surface area contributed by atoms with E-state index in [2.05, 4.69) is 29.4 Å². The number of rotatable bonds is 4. The third-order valence-corrected chi connectivity index (χ3v) is 3.62. The van der Waals surface area contributed by atoms with E-state index in [1.165, 1.54) is 0 Å². The van der Waals surface area contributed by atoms with Crippen LogP contribution in [0.3, 0.4) is 0 Å². The van der Waals surface area contributed by atoms with Crippen LogP contribution in [0.5, 0.6) is 0 Å². The lowest BCUT2D eigenvalue weighted by atomic mass is 10.0. The highest BCUT2D eigenvalue weighted by atomic mass is 32.1. The van der Waals surface area contributed by atoms with E-state index in [0.717, 1.165) is 41.0 Å². The normalized spacial score (nSPS) is 10.4. The second-order valence-corrected chi connectivity index (χ2v) is 5.07. The molecule has 100 valence electrons. The van der Waals surface area contributed by atoms with Crippen molar-refractivity contribution in [3.63, 3.8) is 0 Å². The van der Waals surface area contributed by atoms with Gasteiger partial charge in [-0.15, -0.1) is 10.2 Å². The first-order valence-corrected chi connectivity index (χ1v) is 6.98. The number of nitrogens with zero attached hydrogens (tertiary/aromatic N) is 2. The van der Waals surface area contributed by atoms with E-state index in [9.17, 15) is 4.79 Å². The number of hydrogen-bond acceptors (Lipinski definition) is 5. The van der Waals surface area contributed by atoms with Gasteiger partial charge in [-0.25, -0.2) is 0 Å². The summed E-state index contributed by atoms with van der Waals surface area (Å²) in [7, 11) is 0. The number of anilines is 2. The largest absolute Gasteiger partial charge is 0.374 e. The highest BCUT2D eigenvalue weighted by Gasteiger charge is 2.15. The van der Waals surface area contributed by atoms with Crippen LogP contribution in [0.25, 0.3) is 0 Å². The van der Waals surface area contributed by atoms with Crippen molar-refractivity contribution in [3.05, 3.63) is 34.3 Å². The predicted molar refractivity (Wildman–Crippen MR) is 77.5 cm³/mol. The standard InChI is InChI=1S/C13H16N4OS/c1-3-8-6-5-7-9(4-2)10(8)15-11(18)12-16-17-13(14)19-12/h5-7H,3-4H2,1-2H3,(H2,14,17)(H,15,18). The Bertz CT molecular complexity index is 572. The van der Waals surface area contributed by atoms with Gasteiger partial charge in [-0.05, 0) is 24.0 Å². The van der Waals surface area contributed by atoms with E-state index in [4.69, 9.17) is 5.73 Å². The van der Waals surface area contributed by atoms with Crippen molar-refractivity contribution in [1.82, 2.24) is 10.2 Å². The van der Waals surface area contributed by atoms with Crippen LogP contribution in [0.15, 0.2) is 18.2 Å². The van der Waals surface area contributed by atoms with Crippen LogP contribution in [-0.2, 0) is 12.8 Å². The Hall–Kier alpha value is -1.95. The third kappa shape index (κ3) is 2.90. The second-order valence-electron chi connectivity index (χ2n) is 4.06. The molecule has 0 fully saturated rings. The molecule has 0 unspecified atom stereocenters. The summed E-state index contributed by atoms with van der Waals surface area (Å²) < 4.78 is 0. The van der Waals surface area contributed by atoms with Crippen molar-refractivity contribution in [1.29, 1.82) is 0 Å². The summed E-state index contributed by atoms with van der Waals surface area (Å²) in [6, 6.07) is 6.04. The molecule has 1 amide bonds. The molecule has 19 heavy (non-hydrogen) atoms. The van der Waals surface area contributed by atoms with E-state index in [1.807, 2.05) is 18.2 Å². The van der Waals surface area contributed by atoms with Gasteiger partial charge in [-0.2, -0.15) is 0 Å². The first kappa shape index (κ1) is 13.5. The Labute approximate surface area is 115 Å². The molecule has 0 spiro atoms. The molecule has 3 N–H and O–H groups in total. The van der Waals surface area contributed by atoms with Crippen LogP contribution in [0.2, 0.25) is 0 Å². The van der Waals surface area contributed by atoms with Crippen molar-refractivity contribution >= 4 is 28.1 Å². The lowest BCUT2D eigenvalue weighted by molar-refractivity contribution is 0.102. The number of carbonyl (C=O) groups is 1. The molecule has 1 aromatic heterocycles. The third-order valence-electron chi connectivity index (χ3n) is 2.87. The van der Waals surface area contributed by atoms with Gasteiger partial charge in [0.05, 0.1) is 0 Å². The fourth-order valence-corrected chi connectivity index (χ4v) is 2.40. The quantitative estimate of drug-likeness (QED) is 0.899. The first-order chi connectivity index (χ1) is 9.15. The van der Waals surface area contributed by atoms with Gasteiger partial charge in [-0.3, -0.25) is 4.79 Å². The maximum atomic E-state index is 12.1. The summed E-state index contributed by atoms with van der Waals surface area (Å²) in [6.45, 7) is 4.13. The Morgan fingerprint density at radius 3 is 2.37 bits per heavy atom. The fraction of sp³-hybridized carbons (Fsp3) is 0.308. The zero-order valence-corrected chi connectivity index (χ0v) is 11.8. The fourth-order valence-electron chi connectivity index (χ4n) is 1.90. The van der Waals surface area contributed by atoms with Crippen LogP contribution in [0.4, 0.5) is 10.8 Å². The minimum absolute atomic E-state index is 0.259. The van der Waals surface area contributed by atoms with Crippen LogP contribution >= 0.6 is 11.3 Å². The predicted octanol–water partition coefficient (Wildman–Crippen LogP) is 2.50. The number of nitrogen functional groups attached to an aromatic ring is 1. The van der Waals surface area contributed by atoms with Crippen molar-refractivity contribution in [2.75, 3.05) is 11.1 Å². The Balaban J connectivity index is 2.30. The highest BCUT2D eigenvalue weighted by molar-refractivity contribution is 7.16. The number of aromatic nitrogens is 2. The number of benzene rings is 1. The minimum Gasteiger partial charge on any atom is -0.374 e. The number of para-hydroxylation sites is 1. The molecule has 0 aliphatic carbocycles. The monoisotopic (exact) mass is 276 g/mol. The van der Waals surface area contributed by atoms with Gasteiger partial charge in [0.1, 0.15) is 0 Å². The second kappa shape index (κ2) is 5.79. The van der Waals surface area contributed by atoms with E-state index < -0.39 is 0 Å². The van der Waals surface area contributed by atoms with Gasteiger partial charge in [0.15, 0.2) is 0 Å². The highest BCUT2D eigenvalue weighted by Crippen LogP contribution is 2.24. The molecule has 1 aromatic carbocycles. The van der Waals surface area contributed by atoms with E-state index in [-0.39, 0.29) is 10.9 Å². The molecule has 0 atom stereocenters. The lowest BCUT2D eigenvalue weighted by Gasteiger charge is -2.13. The molecule has 0 radical (unpaired) electrons. The Morgan fingerprint density at radius 1 is 1.26 bits per heavy atom. The van der Waals surface area contributed by atoms with Crippen molar-refractivity contribution < 1.29 is 4.79 Å². The summed E-state index contributed by atoms with van der Waals surface area (Å²) in [5, 5.41) is 10.9. The zero-order valence-electron chi connectivity index (χ0n) is 10.9. The van der Waals surface area contributed by atoms with Gasteiger partial charge in [0, 0.05) is 5.69 Å². The van der Waals surface area contributed by atoms with Gasteiger partial charge < -0.3 is 11.1 Å². The summed E-state index contributed by atoms with van der Waals surface area (Å²) in [6.07, 6.45) is 1.73. The number of nitrogens with one attached hydrogen (secondary N) is 1. The number of nitrogens with two attached hydrogens (primary N) is 1. The molecular weight excluding hydrogens is 260 g/mol. The maximum absolute atomic E-state index is 12.1. The van der Waals surface area contributed by atoms with E-state index in [0.29, 0.717) is 5.13 Å². The Kier molecular flexibility index (Phi) is 4.11. The maximum Gasteiger partial charge on any atom is 0.286 e. The molecule has 6 heteroatoms. The van der Waals surface area contributed by atoms with Gasteiger partial charge in [-0.1, -0.05) is 43.4 Å². The lowest BCUT2D eigenvalue weighted by Crippen LogP contribution is -2.14. The average Bonchev–Trinajstić information content (AvgIpc) is 2.85. The molecule has 5 nitrogen and oxygen atoms in total. The van der Waals surface area contributed by atoms with E-state index in [1.54, 1.807) is 0 Å². The van der Waals surface area contributed by atoms with Crippen LogP contribution in [0.1, 0.15) is 34.8 Å². The number of hydrogen-bond donors (Lipinski definition) is 2. The van der Waals surface area contributed by atoms with Crippen LogP contribution in [0, 0.1) is 0 Å². The zero-order chi connectivity index (χ0) is 13.8. The van der Waals surface area contributed by atoms with Gasteiger partial charge in [0.2, 0.25) is 10.1 Å². The first-order valence-electron chi connectivity index (χ1n) is 6.16. The Morgan fingerprint density at radius 2 is 1.89 bits per heavy atom. The topological polar surface area (TPSA) is 80.9 Å². The van der Waals surface area contributed by atoms with Crippen molar-refractivity contribution in [2.45, 2.75) is 26.7 Å². The molecule has 1 heterocycles. The summed E-state index contributed by atoms with van der Waals surface area (Å²) >= 11 is 1.09. The van der Waals surface area contributed by atoms with Gasteiger partial charge >= 0.3 is 0 Å². The van der Waals surface area contributed by atoms with Crippen LogP contribution < -0.4 is 11.1 Å². The van der Waals surface area contributed by atoms with E-state index >= 15 is 0 Å². The van der Waals surface area contributed by atoms with Gasteiger partial charge in [0.25, 0.3) is 5.91 Å². The molecule has 0 aliphatic heterocycles. The summed E-state index contributed by atoms with van der Waals surface area (Å²) in [5.41, 5.74) is 8.60. The molecule has 0 bridgehead atoms. The molecule has 0 aliphatic rings. The average molecular weight is 276 g/mol. The SMILES string of the molecule is CCc1cccc(CC)c1NC(=O)c1nnc(N)s1. The number of aryl methyl sites for hydroxylation is 2. The van der Waals surface area contributed by atoms with Crippen molar-refractivity contribution in [2.24, 2.45) is 0 Å². The summed E-state index contributed by atoms with van der Waals surface area (Å²) in [4.78, 5) is 12.1. The summed E-state index contributed by atoms with van der Waals surface area (Å²) in [5.74, 6) is -0.259.